The lowest BCUT2D eigenvalue weighted by Crippen LogP contribution is -2.27. The fourth-order valence-electron chi connectivity index (χ4n) is 1.61. The van der Waals surface area contributed by atoms with E-state index >= 15 is 0 Å². The third-order valence-corrected chi connectivity index (χ3v) is 3.34. The smallest absolute Gasteiger partial charge is 0.150 e. The number of anilines is 1. The van der Waals surface area contributed by atoms with Crippen molar-refractivity contribution >= 4 is 40.6 Å². The van der Waals surface area contributed by atoms with Crippen LogP contribution in [0.2, 0.25) is 15.2 Å². The lowest BCUT2D eigenvalue weighted by Gasteiger charge is -2.22. The first-order valence-electron chi connectivity index (χ1n) is 5.02. The zero-order valence-electron chi connectivity index (χ0n) is 8.55. The van der Waals surface area contributed by atoms with Gasteiger partial charge in [0.25, 0.3) is 0 Å². The van der Waals surface area contributed by atoms with Crippen LogP contribution in [0.1, 0.15) is 6.42 Å². The van der Waals surface area contributed by atoms with Gasteiger partial charge in [-0.25, -0.2) is 4.98 Å². The van der Waals surface area contributed by atoms with Crippen LogP contribution in [0.5, 0.6) is 0 Å². The Balaban J connectivity index is 2.27. The van der Waals surface area contributed by atoms with Gasteiger partial charge in [0.2, 0.25) is 0 Å². The van der Waals surface area contributed by atoms with E-state index < -0.39 is 0 Å². The first kappa shape index (κ1) is 12.2. The van der Waals surface area contributed by atoms with E-state index in [2.05, 4.69) is 9.88 Å². The summed E-state index contributed by atoms with van der Waals surface area (Å²) in [7, 11) is 0. The zero-order valence-corrected chi connectivity index (χ0v) is 10.8. The monoisotopic (exact) mass is 280 g/mol. The highest BCUT2D eigenvalue weighted by Gasteiger charge is 2.16. The zero-order chi connectivity index (χ0) is 11.5. The molecule has 16 heavy (non-hydrogen) atoms. The topological polar surface area (TPSA) is 25.4 Å². The normalized spacial score (nSPS) is 17.3. The van der Waals surface area contributed by atoms with Crippen molar-refractivity contribution in [2.45, 2.75) is 6.42 Å². The molecule has 2 rings (SSSR count). The third-order valence-electron chi connectivity index (χ3n) is 2.39. The maximum absolute atomic E-state index is 6.10. The molecule has 2 heterocycles. The van der Waals surface area contributed by atoms with Crippen molar-refractivity contribution in [3.8, 4) is 0 Å². The van der Waals surface area contributed by atoms with Crippen LogP contribution in [0, 0.1) is 0 Å². The van der Waals surface area contributed by atoms with Gasteiger partial charge in [-0.3, -0.25) is 0 Å². The summed E-state index contributed by atoms with van der Waals surface area (Å²) in [6, 6.07) is 1.62. The Morgan fingerprint density at radius 1 is 1.12 bits per heavy atom. The third kappa shape index (κ3) is 2.72. The Morgan fingerprint density at radius 3 is 2.75 bits per heavy atom. The van der Waals surface area contributed by atoms with Gasteiger partial charge in [0.1, 0.15) is 11.0 Å². The van der Waals surface area contributed by atoms with Gasteiger partial charge in [0.15, 0.2) is 0 Å². The number of hydrogen-bond donors (Lipinski definition) is 0. The summed E-state index contributed by atoms with van der Waals surface area (Å²) in [6.45, 7) is 3.09. The average Bonchev–Trinajstić information content (AvgIpc) is 2.52. The molecule has 0 saturated carbocycles. The molecule has 0 aliphatic carbocycles. The van der Waals surface area contributed by atoms with Gasteiger partial charge in [-0.2, -0.15) is 0 Å². The highest BCUT2D eigenvalue weighted by atomic mass is 35.5. The van der Waals surface area contributed by atoms with E-state index in [0.29, 0.717) is 22.5 Å². The van der Waals surface area contributed by atoms with E-state index in [9.17, 15) is 0 Å². The maximum atomic E-state index is 6.10. The van der Waals surface area contributed by atoms with Crippen molar-refractivity contribution in [1.29, 1.82) is 0 Å². The van der Waals surface area contributed by atoms with E-state index in [1.165, 1.54) is 0 Å². The molecule has 1 aliphatic heterocycles. The second kappa shape index (κ2) is 5.41. The minimum atomic E-state index is 0.284. The number of nitrogens with zero attached hydrogens (tertiary/aromatic N) is 2. The summed E-state index contributed by atoms with van der Waals surface area (Å²) in [5.41, 5.74) is 0. The number of hydrogen-bond acceptors (Lipinski definition) is 3. The molecule has 0 N–H and O–H groups in total. The first-order chi connectivity index (χ1) is 7.68. The van der Waals surface area contributed by atoms with E-state index in [1.807, 2.05) is 0 Å². The number of aromatic nitrogens is 1. The first-order valence-corrected chi connectivity index (χ1v) is 6.16. The van der Waals surface area contributed by atoms with Gasteiger partial charge in [-0.1, -0.05) is 34.8 Å². The predicted octanol–water partition coefficient (Wildman–Crippen LogP) is 3.27. The summed E-state index contributed by atoms with van der Waals surface area (Å²) >= 11 is 17.8. The Labute approximate surface area is 109 Å². The average molecular weight is 282 g/mol. The molecular formula is C10H11Cl3N2O. The van der Waals surface area contributed by atoms with E-state index in [0.717, 1.165) is 26.1 Å². The fraction of sp³-hybridized carbons (Fsp3) is 0.500. The number of ether oxygens (including phenoxy) is 1. The molecule has 1 aromatic rings. The van der Waals surface area contributed by atoms with E-state index in [-0.39, 0.29) is 5.15 Å². The van der Waals surface area contributed by atoms with Gasteiger partial charge in [0, 0.05) is 19.7 Å². The molecule has 88 valence electrons. The highest BCUT2D eigenvalue weighted by Crippen LogP contribution is 2.31. The molecular weight excluding hydrogens is 270 g/mol. The van der Waals surface area contributed by atoms with Gasteiger partial charge < -0.3 is 9.64 Å². The van der Waals surface area contributed by atoms with Crippen LogP contribution in [0.25, 0.3) is 0 Å². The molecule has 1 saturated heterocycles. The van der Waals surface area contributed by atoms with Crippen LogP contribution in [0.3, 0.4) is 0 Å². The summed E-state index contributed by atoms with van der Waals surface area (Å²) in [5, 5.41) is 1.18. The molecule has 0 bridgehead atoms. The van der Waals surface area contributed by atoms with Crippen molar-refractivity contribution in [2.75, 3.05) is 31.2 Å². The minimum absolute atomic E-state index is 0.284. The Morgan fingerprint density at radius 2 is 1.94 bits per heavy atom. The van der Waals surface area contributed by atoms with Crippen LogP contribution < -0.4 is 4.90 Å². The molecule has 1 fully saturated rings. The molecule has 6 heteroatoms. The van der Waals surface area contributed by atoms with Gasteiger partial charge in [-0.05, 0) is 12.5 Å². The largest absolute Gasteiger partial charge is 0.380 e. The predicted molar refractivity (Wildman–Crippen MR) is 66.9 cm³/mol. The standard InChI is InChI=1S/C10H11Cl3N2O/c11-7-6-8(12)10(14-9(7)13)15-2-1-4-16-5-3-15/h6H,1-5H2. The number of pyridine rings is 1. The second-order valence-electron chi connectivity index (χ2n) is 3.52. The van der Waals surface area contributed by atoms with Gasteiger partial charge >= 0.3 is 0 Å². The fourth-order valence-corrected chi connectivity index (χ4v) is 2.23. The highest BCUT2D eigenvalue weighted by molar-refractivity contribution is 6.42. The molecule has 3 nitrogen and oxygen atoms in total. The van der Waals surface area contributed by atoms with Crippen molar-refractivity contribution in [3.63, 3.8) is 0 Å². The minimum Gasteiger partial charge on any atom is -0.380 e. The quantitative estimate of drug-likeness (QED) is 0.739. The molecule has 0 atom stereocenters. The molecule has 0 unspecified atom stereocenters. The Hall–Kier alpha value is -0.220. The lowest BCUT2D eigenvalue weighted by atomic mass is 10.3. The van der Waals surface area contributed by atoms with Crippen LogP contribution in [0.4, 0.5) is 5.82 Å². The van der Waals surface area contributed by atoms with Crippen LogP contribution in [0.15, 0.2) is 6.07 Å². The lowest BCUT2D eigenvalue weighted by molar-refractivity contribution is 0.152. The van der Waals surface area contributed by atoms with E-state index in [4.69, 9.17) is 39.5 Å². The molecule has 0 spiro atoms. The number of halogens is 3. The summed E-state index contributed by atoms with van der Waals surface area (Å²) in [6.07, 6.45) is 0.957. The van der Waals surface area contributed by atoms with Gasteiger partial charge in [0.05, 0.1) is 16.7 Å². The second-order valence-corrected chi connectivity index (χ2v) is 4.69. The Bertz CT molecular complexity index is 379. The number of rotatable bonds is 1. The molecule has 0 aromatic carbocycles. The van der Waals surface area contributed by atoms with Crippen molar-refractivity contribution in [3.05, 3.63) is 21.3 Å². The summed E-state index contributed by atoms with van der Waals surface area (Å²) < 4.78 is 5.37. The Kier molecular flexibility index (Phi) is 4.14. The SMILES string of the molecule is Clc1cc(Cl)c(N2CCCOCC2)nc1Cl. The van der Waals surface area contributed by atoms with Crippen LogP contribution in [-0.2, 0) is 4.74 Å². The van der Waals surface area contributed by atoms with Crippen LogP contribution in [-0.4, -0.2) is 31.3 Å². The van der Waals surface area contributed by atoms with E-state index in [1.54, 1.807) is 6.07 Å². The molecule has 1 aromatic heterocycles. The molecule has 1 aliphatic rings. The van der Waals surface area contributed by atoms with Crippen LogP contribution >= 0.6 is 34.8 Å². The van der Waals surface area contributed by atoms with Crippen molar-refractivity contribution in [2.24, 2.45) is 0 Å². The van der Waals surface area contributed by atoms with Gasteiger partial charge in [-0.15, -0.1) is 0 Å². The summed E-state index contributed by atoms with van der Waals surface area (Å²) in [4.78, 5) is 6.28. The van der Waals surface area contributed by atoms with Crippen molar-refractivity contribution in [1.82, 2.24) is 4.98 Å². The molecule has 0 amide bonds. The molecule has 0 radical (unpaired) electrons. The maximum Gasteiger partial charge on any atom is 0.150 e. The summed E-state index contributed by atoms with van der Waals surface area (Å²) in [5.74, 6) is 0.682. The van der Waals surface area contributed by atoms with Crippen molar-refractivity contribution < 1.29 is 4.74 Å².